The molecule has 5 N–H and O–H groups in total. The maximum absolute atomic E-state index is 13.7. The number of carboxylic acid groups (broad SMARTS) is 1. The first-order valence-corrected chi connectivity index (χ1v) is 24.7. The molecule has 0 radical (unpaired) electrons. The molecule has 2 saturated heterocycles. The zero-order valence-corrected chi connectivity index (χ0v) is 40.3. The average Bonchev–Trinajstić information content (AvgIpc) is 4.21. The Morgan fingerprint density at radius 3 is 1.49 bits per heavy atom. The number of benzene rings is 3. The molecule has 6 aromatic rings. The Bertz CT molecular complexity index is 3020. The minimum Gasteiger partial charge on any atom is -0.465 e. The fourth-order valence-corrected chi connectivity index (χ4v) is 10.1. The number of rotatable bonds is 14. The number of halogens is 3. The van der Waals surface area contributed by atoms with Gasteiger partial charge >= 0.3 is 17.7 Å². The van der Waals surface area contributed by atoms with E-state index >= 15 is 0 Å². The highest BCUT2D eigenvalue weighted by molar-refractivity contribution is 7.92. The predicted octanol–water partition coefficient (Wildman–Crippen LogP) is 8.88. The third-order valence-corrected chi connectivity index (χ3v) is 14.5. The number of carbonyl (C=O) groups excluding carboxylic acids is 3. The first kappa shape index (κ1) is 50.0. The third kappa shape index (κ3) is 10.1. The van der Waals surface area contributed by atoms with Crippen LogP contribution in [0, 0.1) is 11.8 Å². The Morgan fingerprint density at radius 2 is 1.10 bits per heavy atom. The number of hydrogen-bond acceptors (Lipinski definition) is 9. The molecule has 0 saturated carbocycles. The number of sulfone groups is 1. The van der Waals surface area contributed by atoms with Gasteiger partial charge in [-0.05, 0) is 85.0 Å². The summed E-state index contributed by atoms with van der Waals surface area (Å²) in [7, 11) is -4.36. The Hall–Kier alpha value is -7.42. The molecule has 0 spiro atoms. The van der Waals surface area contributed by atoms with Crippen LogP contribution in [-0.4, -0.2) is 110 Å². The number of alkyl carbamates (subject to hydrolysis) is 1. The van der Waals surface area contributed by atoms with Crippen LogP contribution < -0.4 is 10.6 Å². The van der Waals surface area contributed by atoms with Crippen LogP contribution in [0.2, 0.25) is 0 Å². The molecule has 8 rings (SSSR count). The van der Waals surface area contributed by atoms with Crippen molar-refractivity contribution in [1.29, 1.82) is 0 Å². The first-order valence-electron chi connectivity index (χ1n) is 23.2. The predicted molar refractivity (Wildman–Crippen MR) is 256 cm³/mol. The van der Waals surface area contributed by atoms with Gasteiger partial charge in [-0.25, -0.2) is 28.0 Å². The van der Waals surface area contributed by atoms with Gasteiger partial charge in [-0.1, -0.05) is 76.2 Å². The molecule has 2 aliphatic rings. The molecule has 374 valence electrons. The van der Waals surface area contributed by atoms with E-state index in [1.807, 2.05) is 79.1 Å². The van der Waals surface area contributed by atoms with E-state index in [1.165, 1.54) is 19.2 Å². The summed E-state index contributed by atoms with van der Waals surface area (Å²) in [5.74, 6) is 0.168. The number of nitrogens with one attached hydrogen (secondary N) is 4. The molecular formula is C50H54F3N9O8S. The van der Waals surface area contributed by atoms with Crippen LogP contribution in [0.25, 0.3) is 50.7 Å². The summed E-state index contributed by atoms with van der Waals surface area (Å²) in [6.45, 7) is 8.21. The number of H-pyrrole nitrogens is 2. The number of likely N-dealkylation sites (tertiary alicyclic amines) is 2. The van der Waals surface area contributed by atoms with E-state index in [4.69, 9.17) is 14.7 Å². The van der Waals surface area contributed by atoms with Gasteiger partial charge in [-0.3, -0.25) is 9.59 Å². The lowest BCUT2D eigenvalue weighted by atomic mass is 10.0. The molecule has 4 amide bonds. The number of amides is 4. The number of nitrogens with zero attached hydrogens (tertiary/aromatic N) is 5. The topological polar surface area (TPSA) is 225 Å². The maximum Gasteiger partial charge on any atom is 0.501 e. The number of hydrogen-bond donors (Lipinski definition) is 5. The van der Waals surface area contributed by atoms with Gasteiger partial charge in [0.2, 0.25) is 11.8 Å². The van der Waals surface area contributed by atoms with Crippen molar-refractivity contribution in [3.05, 3.63) is 109 Å². The quantitative estimate of drug-likeness (QED) is 0.0697. The maximum atomic E-state index is 13.7. The summed E-state index contributed by atoms with van der Waals surface area (Å²) in [4.78, 5) is 69.5. The van der Waals surface area contributed by atoms with Crippen LogP contribution in [0.1, 0.15) is 77.1 Å². The number of aromatic amines is 2. The second-order valence-corrected chi connectivity index (χ2v) is 20.2. The van der Waals surface area contributed by atoms with E-state index in [-0.39, 0.29) is 35.7 Å². The lowest BCUT2D eigenvalue weighted by Gasteiger charge is -2.29. The molecule has 4 atom stereocenters. The number of aromatic nitrogens is 5. The van der Waals surface area contributed by atoms with Crippen molar-refractivity contribution in [3.63, 3.8) is 0 Å². The van der Waals surface area contributed by atoms with Gasteiger partial charge in [0.05, 0.1) is 46.9 Å². The Labute approximate surface area is 407 Å². The van der Waals surface area contributed by atoms with Gasteiger partial charge in [0, 0.05) is 42.3 Å². The first-order chi connectivity index (χ1) is 33.8. The zero-order chi connectivity index (χ0) is 50.9. The minimum absolute atomic E-state index is 0.190. The van der Waals surface area contributed by atoms with Crippen molar-refractivity contribution in [2.75, 3.05) is 20.2 Å². The van der Waals surface area contributed by atoms with Crippen molar-refractivity contribution < 1.29 is 50.6 Å². The number of methoxy groups -OCH3 is 1. The third-order valence-electron chi connectivity index (χ3n) is 13.0. The Kier molecular flexibility index (Phi) is 14.2. The Morgan fingerprint density at radius 1 is 0.676 bits per heavy atom. The highest BCUT2D eigenvalue weighted by Gasteiger charge is 2.47. The van der Waals surface area contributed by atoms with Crippen LogP contribution in [0.4, 0.5) is 22.8 Å². The summed E-state index contributed by atoms with van der Waals surface area (Å²) >= 11 is 0. The van der Waals surface area contributed by atoms with E-state index < -0.39 is 44.5 Å². The van der Waals surface area contributed by atoms with Crippen LogP contribution >= 0.6 is 0 Å². The van der Waals surface area contributed by atoms with Gasteiger partial charge in [-0.2, -0.15) is 13.2 Å². The molecular weight excluding hydrogens is 944 g/mol. The molecule has 2 aliphatic heterocycles. The lowest BCUT2D eigenvalue weighted by molar-refractivity contribution is -0.136. The summed E-state index contributed by atoms with van der Waals surface area (Å²) in [5.41, 5.74) is 0.413. The second kappa shape index (κ2) is 20.1. The normalized spacial score (nSPS) is 17.2. The number of carbonyl (C=O) groups is 4. The van der Waals surface area contributed by atoms with E-state index in [2.05, 4.69) is 20.6 Å². The Balaban J connectivity index is 1.07. The summed E-state index contributed by atoms with van der Waals surface area (Å²) in [5, 5.41) is 14.4. The standard InChI is InChI=1S/C50H54F3N9O8S/c1-28(2)42(58-48(65)66)46(63)60-24-6-8-40(60)44-54-26-36(56-44)30-10-14-32(15-11-30)38-22-23-39(62(38)34-18-20-35(21-19-34)71(68,69)50(51,52)53)33-16-12-31(13-17-33)37-27-55-45(57-37)41-9-7-25-61(41)47(64)43(29(3)4)59-49(67)70-5/h10-23,26-29,40-43,58H,6-9,24-25H2,1-5H3,(H,54,56)(H,55,57)(H,59,67)(H,65,66)/t40-,41?,42-,43-/m0/s1. The molecule has 2 fully saturated rings. The summed E-state index contributed by atoms with van der Waals surface area (Å²) in [6.07, 6.45) is 4.33. The summed E-state index contributed by atoms with van der Waals surface area (Å²) < 4.78 is 71.9. The highest BCUT2D eigenvalue weighted by atomic mass is 32.2. The van der Waals surface area contributed by atoms with Gasteiger partial charge < -0.3 is 44.8 Å². The summed E-state index contributed by atoms with van der Waals surface area (Å²) in [6, 6.07) is 20.8. The second-order valence-electron chi connectivity index (χ2n) is 18.3. The van der Waals surface area contributed by atoms with E-state index in [9.17, 15) is 45.9 Å². The lowest BCUT2D eigenvalue weighted by Crippen LogP contribution is -2.51. The van der Waals surface area contributed by atoms with Gasteiger partial charge in [0.25, 0.3) is 9.84 Å². The minimum atomic E-state index is -5.61. The van der Waals surface area contributed by atoms with Crippen LogP contribution in [0.5, 0.6) is 0 Å². The van der Waals surface area contributed by atoms with E-state index in [1.54, 1.807) is 36.0 Å². The van der Waals surface area contributed by atoms with E-state index in [0.717, 1.165) is 47.2 Å². The number of ether oxygens (including phenoxy) is 1. The fourth-order valence-electron chi connectivity index (χ4n) is 9.34. The van der Waals surface area contributed by atoms with E-state index in [0.29, 0.717) is 66.0 Å². The smallest absolute Gasteiger partial charge is 0.465 e. The monoisotopic (exact) mass is 997 g/mol. The van der Waals surface area contributed by atoms with Crippen LogP contribution in [0.15, 0.2) is 102 Å². The SMILES string of the molecule is COC(=O)N[C@H](C(=O)N1CCCC1c1nc(-c2ccc(-c3ccc(-c4ccc(-c5c[nH]c([C@@H]6CCCN6C(=O)[C@@H](NC(=O)O)C(C)C)n5)cc4)n3-c3ccc(S(=O)(=O)C(F)(F)F)cc3)cc2)c[nH]1)C(C)C. The largest absolute Gasteiger partial charge is 0.501 e. The highest BCUT2D eigenvalue weighted by Crippen LogP contribution is 2.38. The molecule has 0 aliphatic carbocycles. The average molecular weight is 998 g/mol. The van der Waals surface area contributed by atoms with Gasteiger partial charge in [0.1, 0.15) is 23.7 Å². The van der Waals surface area contributed by atoms with Crippen molar-refractivity contribution >= 4 is 33.8 Å². The zero-order valence-electron chi connectivity index (χ0n) is 39.5. The van der Waals surface area contributed by atoms with Crippen LogP contribution in [-0.2, 0) is 24.2 Å². The van der Waals surface area contributed by atoms with Crippen LogP contribution in [0.3, 0.4) is 0 Å². The number of alkyl halides is 3. The van der Waals surface area contributed by atoms with Crippen molar-refractivity contribution in [2.24, 2.45) is 11.8 Å². The molecule has 1 unspecified atom stereocenters. The van der Waals surface area contributed by atoms with Crippen molar-refractivity contribution in [1.82, 2.24) is 44.9 Å². The fraction of sp³-hybridized carbons (Fsp3) is 0.360. The molecule has 21 heteroatoms. The van der Waals surface area contributed by atoms with Gasteiger partial charge in [0.15, 0.2) is 0 Å². The molecule has 71 heavy (non-hydrogen) atoms. The molecule has 17 nitrogen and oxygen atoms in total. The molecule has 0 bridgehead atoms. The molecule has 3 aromatic carbocycles. The van der Waals surface area contributed by atoms with Crippen molar-refractivity contribution in [2.45, 2.75) is 87.9 Å². The molecule has 5 heterocycles. The van der Waals surface area contributed by atoms with Gasteiger partial charge in [-0.15, -0.1) is 0 Å². The van der Waals surface area contributed by atoms with Crippen molar-refractivity contribution in [3.8, 4) is 50.7 Å². The molecule has 3 aromatic heterocycles. The number of imidazole rings is 2.